The van der Waals surface area contributed by atoms with Crippen molar-refractivity contribution in [2.45, 2.75) is 52.9 Å². The van der Waals surface area contributed by atoms with Gasteiger partial charge in [0.25, 0.3) is 0 Å². The lowest BCUT2D eigenvalue weighted by atomic mass is 10.1. The molecule has 0 aliphatic rings. The van der Waals surface area contributed by atoms with Crippen molar-refractivity contribution in [2.75, 3.05) is 33.9 Å². The van der Waals surface area contributed by atoms with E-state index in [1.807, 2.05) is 39.0 Å². The summed E-state index contributed by atoms with van der Waals surface area (Å²) in [5.41, 5.74) is 0.884. The second-order valence-electron chi connectivity index (χ2n) is 7.85. The molecule has 1 aromatic carbocycles. The van der Waals surface area contributed by atoms with Gasteiger partial charge in [0.2, 0.25) is 0 Å². The third-order valence-electron chi connectivity index (χ3n) is 3.66. The average molecular weight is 354 g/mol. The minimum Gasteiger partial charge on any atom is -0.493 e. The maximum atomic E-state index is 10.3. The Bertz CT molecular complexity index is 511. The molecule has 1 N–H and O–H groups in total. The molecule has 1 rings (SSSR count). The molecular formula is C20H35NO4. The van der Waals surface area contributed by atoms with E-state index in [0.29, 0.717) is 19.1 Å². The first-order valence-electron chi connectivity index (χ1n) is 8.90. The molecule has 0 fully saturated rings. The first-order chi connectivity index (χ1) is 11.6. The van der Waals surface area contributed by atoms with Gasteiger partial charge in [-0.1, -0.05) is 19.9 Å². The number of benzene rings is 1. The summed E-state index contributed by atoms with van der Waals surface area (Å²) in [6.07, 6.45) is -0.516. The predicted octanol–water partition coefficient (Wildman–Crippen LogP) is 3.34. The molecule has 0 heterocycles. The Balaban J connectivity index is 2.75. The SMILES string of the molecule is COc1ccc(CN(CC(C)C)C[C@@H](O)COC(C)(C)C)cc1OC. The maximum absolute atomic E-state index is 10.3. The van der Waals surface area contributed by atoms with Crippen molar-refractivity contribution in [1.82, 2.24) is 4.90 Å². The smallest absolute Gasteiger partial charge is 0.161 e. The Kier molecular flexibility index (Phi) is 8.69. The lowest BCUT2D eigenvalue weighted by molar-refractivity contribution is -0.0573. The number of aliphatic hydroxyl groups excluding tert-OH is 1. The van der Waals surface area contributed by atoms with Gasteiger partial charge in [0, 0.05) is 19.6 Å². The summed E-state index contributed by atoms with van der Waals surface area (Å²) in [5, 5.41) is 10.3. The lowest BCUT2D eigenvalue weighted by Gasteiger charge is -2.28. The fourth-order valence-electron chi connectivity index (χ4n) is 2.65. The van der Waals surface area contributed by atoms with Gasteiger partial charge < -0.3 is 19.3 Å². The van der Waals surface area contributed by atoms with Crippen LogP contribution in [0.15, 0.2) is 18.2 Å². The summed E-state index contributed by atoms with van der Waals surface area (Å²) in [5.74, 6) is 1.96. The highest BCUT2D eigenvalue weighted by atomic mass is 16.5. The van der Waals surface area contributed by atoms with Gasteiger partial charge in [-0.05, 0) is 44.4 Å². The normalized spacial score (nSPS) is 13.4. The highest BCUT2D eigenvalue weighted by molar-refractivity contribution is 5.42. The van der Waals surface area contributed by atoms with Crippen LogP contribution >= 0.6 is 0 Å². The van der Waals surface area contributed by atoms with Crippen molar-refractivity contribution >= 4 is 0 Å². The first-order valence-corrected chi connectivity index (χ1v) is 8.90. The van der Waals surface area contributed by atoms with E-state index in [1.165, 1.54) is 0 Å². The highest BCUT2D eigenvalue weighted by Crippen LogP contribution is 2.28. The molecule has 0 aliphatic heterocycles. The van der Waals surface area contributed by atoms with Crippen LogP contribution in [0.3, 0.4) is 0 Å². The van der Waals surface area contributed by atoms with E-state index in [-0.39, 0.29) is 5.60 Å². The standard InChI is InChI=1S/C20H35NO4/c1-15(2)11-21(13-17(22)14-25-20(3,4)5)12-16-8-9-18(23-6)19(10-16)24-7/h8-10,15,17,22H,11-14H2,1-7H3/t17-/m1/s1. The van der Waals surface area contributed by atoms with Gasteiger partial charge in [0.05, 0.1) is 32.5 Å². The van der Waals surface area contributed by atoms with Crippen LogP contribution in [0.25, 0.3) is 0 Å². The van der Waals surface area contributed by atoms with E-state index < -0.39 is 6.10 Å². The number of ether oxygens (including phenoxy) is 3. The Morgan fingerprint density at radius 3 is 2.20 bits per heavy atom. The number of nitrogens with zero attached hydrogens (tertiary/aromatic N) is 1. The molecule has 0 aromatic heterocycles. The van der Waals surface area contributed by atoms with Crippen LogP contribution < -0.4 is 9.47 Å². The van der Waals surface area contributed by atoms with Gasteiger partial charge in [0.1, 0.15) is 0 Å². The van der Waals surface area contributed by atoms with Crippen molar-refractivity contribution in [3.05, 3.63) is 23.8 Å². The quantitative estimate of drug-likeness (QED) is 0.699. The van der Waals surface area contributed by atoms with E-state index in [0.717, 1.165) is 30.2 Å². The van der Waals surface area contributed by atoms with Gasteiger partial charge >= 0.3 is 0 Å². The van der Waals surface area contributed by atoms with Crippen LogP contribution in [0, 0.1) is 5.92 Å². The van der Waals surface area contributed by atoms with Gasteiger partial charge in [-0.2, -0.15) is 0 Å². The summed E-state index contributed by atoms with van der Waals surface area (Å²) in [6.45, 7) is 12.9. The van der Waals surface area contributed by atoms with E-state index >= 15 is 0 Å². The van der Waals surface area contributed by atoms with Gasteiger partial charge in [-0.25, -0.2) is 0 Å². The highest BCUT2D eigenvalue weighted by Gasteiger charge is 2.18. The van der Waals surface area contributed by atoms with Crippen molar-refractivity contribution in [2.24, 2.45) is 5.92 Å². The fraction of sp³-hybridized carbons (Fsp3) is 0.700. The average Bonchev–Trinajstić information content (AvgIpc) is 2.51. The third kappa shape index (κ3) is 8.56. The number of rotatable bonds is 10. The van der Waals surface area contributed by atoms with Crippen molar-refractivity contribution in [3.8, 4) is 11.5 Å². The zero-order chi connectivity index (χ0) is 19.0. The molecule has 0 saturated carbocycles. The minimum atomic E-state index is -0.516. The van der Waals surface area contributed by atoms with Crippen LogP contribution in [0.5, 0.6) is 11.5 Å². The summed E-state index contributed by atoms with van der Waals surface area (Å²) in [7, 11) is 3.27. The van der Waals surface area contributed by atoms with Crippen molar-refractivity contribution in [1.29, 1.82) is 0 Å². The number of aliphatic hydroxyl groups is 1. The van der Waals surface area contributed by atoms with Crippen LogP contribution in [0.2, 0.25) is 0 Å². The third-order valence-corrected chi connectivity index (χ3v) is 3.66. The van der Waals surface area contributed by atoms with Gasteiger partial charge in [-0.3, -0.25) is 4.90 Å². The van der Waals surface area contributed by atoms with Gasteiger partial charge in [0.15, 0.2) is 11.5 Å². The van der Waals surface area contributed by atoms with E-state index in [2.05, 4.69) is 18.7 Å². The topological polar surface area (TPSA) is 51.2 Å². The Labute approximate surface area is 152 Å². The molecule has 144 valence electrons. The minimum absolute atomic E-state index is 0.243. The zero-order valence-corrected chi connectivity index (χ0v) is 16.8. The van der Waals surface area contributed by atoms with Crippen LogP contribution in [-0.4, -0.2) is 55.6 Å². The van der Waals surface area contributed by atoms with Crippen LogP contribution in [0.1, 0.15) is 40.2 Å². The molecular weight excluding hydrogens is 318 g/mol. The first kappa shape index (κ1) is 21.7. The summed E-state index contributed by atoms with van der Waals surface area (Å²) in [6, 6.07) is 5.94. The molecule has 0 radical (unpaired) electrons. The zero-order valence-electron chi connectivity index (χ0n) is 16.8. The van der Waals surface area contributed by atoms with E-state index in [4.69, 9.17) is 14.2 Å². The predicted molar refractivity (Wildman–Crippen MR) is 101 cm³/mol. The molecule has 5 heteroatoms. The molecule has 1 atom stereocenters. The molecule has 0 amide bonds. The van der Waals surface area contributed by atoms with E-state index in [9.17, 15) is 5.11 Å². The van der Waals surface area contributed by atoms with E-state index in [1.54, 1.807) is 14.2 Å². The summed E-state index contributed by atoms with van der Waals surface area (Å²) >= 11 is 0. The van der Waals surface area contributed by atoms with Crippen molar-refractivity contribution < 1.29 is 19.3 Å². The fourth-order valence-corrected chi connectivity index (χ4v) is 2.65. The molecule has 0 aliphatic carbocycles. The summed E-state index contributed by atoms with van der Waals surface area (Å²) < 4.78 is 16.4. The van der Waals surface area contributed by atoms with Crippen LogP contribution in [-0.2, 0) is 11.3 Å². The van der Waals surface area contributed by atoms with Gasteiger partial charge in [-0.15, -0.1) is 0 Å². The second kappa shape index (κ2) is 10.00. The molecule has 0 unspecified atom stereocenters. The number of methoxy groups -OCH3 is 2. The monoisotopic (exact) mass is 353 g/mol. The second-order valence-corrected chi connectivity index (χ2v) is 7.85. The molecule has 0 saturated heterocycles. The molecule has 0 spiro atoms. The Morgan fingerprint density at radius 1 is 1.04 bits per heavy atom. The molecule has 1 aromatic rings. The number of hydrogen-bond donors (Lipinski definition) is 1. The Hall–Kier alpha value is -1.30. The summed E-state index contributed by atoms with van der Waals surface area (Å²) in [4.78, 5) is 2.25. The molecule has 0 bridgehead atoms. The number of hydrogen-bond acceptors (Lipinski definition) is 5. The molecule has 5 nitrogen and oxygen atoms in total. The maximum Gasteiger partial charge on any atom is 0.161 e. The van der Waals surface area contributed by atoms with Crippen LogP contribution in [0.4, 0.5) is 0 Å². The largest absolute Gasteiger partial charge is 0.493 e. The Morgan fingerprint density at radius 2 is 1.68 bits per heavy atom. The molecule has 25 heavy (non-hydrogen) atoms. The van der Waals surface area contributed by atoms with Crippen molar-refractivity contribution in [3.63, 3.8) is 0 Å². The lowest BCUT2D eigenvalue weighted by Crippen LogP contribution is -2.38.